The molecule has 6 N–H and O–H groups in total. The van der Waals surface area contributed by atoms with E-state index in [1.54, 1.807) is 6.20 Å². The number of hydrogen-bond acceptors (Lipinski definition) is 6. The second-order valence-corrected chi connectivity index (χ2v) is 32.7. The van der Waals surface area contributed by atoms with Crippen LogP contribution in [0.5, 0.6) is 0 Å². The number of halogens is 2. The first kappa shape index (κ1) is 80.3. The van der Waals surface area contributed by atoms with E-state index in [0.29, 0.717) is 5.56 Å². The van der Waals surface area contributed by atoms with Gasteiger partial charge < -0.3 is 44.0 Å². The predicted octanol–water partition coefficient (Wildman–Crippen LogP) is 27.7. The second kappa shape index (κ2) is 33.8. The zero-order chi connectivity index (χ0) is 84.5. The molecule has 9 heterocycles. The van der Waals surface area contributed by atoms with Gasteiger partial charge >= 0.3 is 0 Å². The minimum atomic E-state index is 0. The number of aromatic amines is 1. The molecule has 0 aliphatic rings. The molecule has 0 bridgehead atoms. The fraction of sp³-hybridized carbons (Fsp3) is 0. The van der Waals surface area contributed by atoms with E-state index in [0.717, 1.165) is 99.2 Å². The van der Waals surface area contributed by atoms with Gasteiger partial charge in [0, 0.05) is 154 Å². The Balaban J connectivity index is 0.000000113. The van der Waals surface area contributed by atoms with Gasteiger partial charge in [-0.15, -0.1) is 0 Å². The minimum Gasteiger partial charge on any atom is -0.412 e. The average molecular weight is 1790 g/mol. The monoisotopic (exact) mass is 1790 g/mol. The number of pyridine rings is 1. The molecule has 0 saturated heterocycles. The molecule has 0 fully saturated rings. The molecule has 17 aromatic carbocycles. The quantitative estimate of drug-likeness (QED) is 0.0820. The maximum atomic E-state index is 11.7. The second-order valence-electron chi connectivity index (χ2n) is 30.9. The zero-order valence-electron chi connectivity index (χ0n) is 68.7. The summed E-state index contributed by atoms with van der Waals surface area (Å²) in [6.45, 7) is 0. The molecule has 26 aromatic rings. The van der Waals surface area contributed by atoms with Crippen LogP contribution in [-0.4, -0.2) is 71.1 Å². The van der Waals surface area contributed by atoms with Crippen molar-refractivity contribution >= 4 is 209 Å². The number of H-pyrrole nitrogens is 1. The van der Waals surface area contributed by atoms with E-state index in [2.05, 4.69) is 426 Å². The number of carbonyl (C=O) groups excluding carboxylic acids is 3. The van der Waals surface area contributed by atoms with Crippen LogP contribution >= 0.6 is 31.9 Å². The first-order valence-corrected chi connectivity index (χ1v) is 43.2. The van der Waals surface area contributed by atoms with Crippen molar-refractivity contribution in [2.45, 2.75) is 0 Å². The van der Waals surface area contributed by atoms with Crippen molar-refractivity contribution in [2.75, 3.05) is 0 Å². The maximum absolute atomic E-state index is 11.7. The summed E-state index contributed by atoms with van der Waals surface area (Å²) in [4.78, 5) is 41.9. The number of benzene rings is 17. The summed E-state index contributed by atoms with van der Waals surface area (Å²) >= 11 is 6.70. The standard InChI is InChI=1S/C39H24N4.C33H22N4.C31H20N2O.C6H4Br2.C2H2O2.H3N.H2O/c1-3-11-25(12-4-1)42-35-20-19-29-27-15-8-10-18-34(27)43(26-13-5-2-6-14-26)38(29)37(35)32-23-30-28-16-7-9-17-33(28)41-22-21-40-39(41)31(30)24-36(32)42;1-3-9-23(10-4-1)36-29-18-17-26-25-13-7-8-14-28(25)37(24-11-5-2-6-12-24)32(26)31(29)27-16-15-22(21-30(27)36)33-34-19-20-35-33;34-20-21-15-16-26-29(19-21)32(22-9-3-1-4-10-22)28-18-17-25-24-13-7-8-14-27(24)33(31(25)30(26)28)23-11-5-2-6-12-23;7-5-3-1-2-4-6(5)8;3-1-2-4;;/h1-24H;1-21H,(H,34,35);1-20H;1-4H;1-2H;1H3;1H2. The number of aromatic nitrogens is 10. The topological polar surface area (TPSA) is 193 Å². The van der Waals surface area contributed by atoms with Crippen molar-refractivity contribution in [1.29, 1.82) is 0 Å². The van der Waals surface area contributed by atoms with Crippen LogP contribution in [0.3, 0.4) is 0 Å². The van der Waals surface area contributed by atoms with Crippen molar-refractivity contribution in [3.8, 4) is 45.5 Å². The van der Waals surface area contributed by atoms with Crippen molar-refractivity contribution in [3.63, 3.8) is 0 Å². The number of carbonyl (C=O) groups is 3. The third kappa shape index (κ3) is 13.4. The Morgan fingerprint density at radius 2 is 0.609 bits per heavy atom. The van der Waals surface area contributed by atoms with Crippen LogP contribution in [0, 0.1) is 0 Å². The number of hydrogen-bond donors (Lipinski definition) is 2. The molecular weight excluding hydrogens is 1710 g/mol. The lowest BCUT2D eigenvalue weighted by Crippen LogP contribution is -1.95. The van der Waals surface area contributed by atoms with Crippen LogP contribution in [-0.2, 0) is 9.59 Å². The lowest BCUT2D eigenvalue weighted by molar-refractivity contribution is -0.122. The van der Waals surface area contributed by atoms with Gasteiger partial charge in [-0.3, -0.25) is 18.8 Å². The summed E-state index contributed by atoms with van der Waals surface area (Å²) in [6, 6.07) is 137. The lowest BCUT2D eigenvalue weighted by Gasteiger charge is -2.11. The van der Waals surface area contributed by atoms with Gasteiger partial charge in [-0.2, -0.15) is 0 Å². The molecule has 9 aromatic heterocycles. The van der Waals surface area contributed by atoms with Crippen LogP contribution in [0.15, 0.2) is 422 Å². The molecule has 0 saturated carbocycles. The average Bonchev–Trinajstić information content (AvgIpc) is 1.56. The van der Waals surface area contributed by atoms with E-state index in [1.807, 2.05) is 54.9 Å². The van der Waals surface area contributed by atoms with Crippen molar-refractivity contribution in [3.05, 3.63) is 428 Å². The highest BCUT2D eigenvalue weighted by molar-refractivity contribution is 9.13. The van der Waals surface area contributed by atoms with Gasteiger partial charge in [0.15, 0.2) is 12.6 Å². The van der Waals surface area contributed by atoms with Gasteiger partial charge in [-0.1, -0.05) is 237 Å². The lowest BCUT2D eigenvalue weighted by atomic mass is 10.0. The molecule has 0 aliphatic carbocycles. The van der Waals surface area contributed by atoms with Crippen molar-refractivity contribution < 1.29 is 19.9 Å². The van der Waals surface area contributed by atoms with Crippen molar-refractivity contribution in [2.24, 2.45) is 0 Å². The third-order valence-electron chi connectivity index (χ3n) is 24.1. The zero-order valence-corrected chi connectivity index (χ0v) is 71.9. The van der Waals surface area contributed by atoms with Gasteiger partial charge in [-0.05, 0) is 189 Å². The molecule has 0 unspecified atom stereocenters. The molecule has 128 heavy (non-hydrogen) atoms. The first-order valence-electron chi connectivity index (χ1n) is 41.6. The summed E-state index contributed by atoms with van der Waals surface area (Å²) in [5, 5.41) is 18.4. The number of para-hydroxylation sites is 10. The van der Waals surface area contributed by atoms with Crippen LogP contribution in [0.2, 0.25) is 0 Å². The van der Waals surface area contributed by atoms with E-state index in [9.17, 15) is 4.79 Å². The number of nitrogens with one attached hydrogen (secondary N) is 1. The Morgan fingerprint density at radius 1 is 0.266 bits per heavy atom. The maximum Gasteiger partial charge on any atom is 0.182 e. The predicted molar refractivity (Wildman–Crippen MR) is 535 cm³/mol. The fourth-order valence-electron chi connectivity index (χ4n) is 18.9. The van der Waals surface area contributed by atoms with E-state index in [4.69, 9.17) is 14.6 Å². The highest BCUT2D eigenvalue weighted by Crippen LogP contribution is 2.48. The Bertz CT molecular complexity index is 8720. The van der Waals surface area contributed by atoms with Crippen LogP contribution < -0.4 is 6.15 Å². The van der Waals surface area contributed by atoms with Crippen LogP contribution in [0.25, 0.3) is 204 Å². The number of imidazole rings is 2. The normalized spacial score (nSPS) is 11.3. The third-order valence-corrected chi connectivity index (χ3v) is 26.0. The molecule has 0 amide bonds. The van der Waals surface area contributed by atoms with Crippen LogP contribution in [0.1, 0.15) is 10.4 Å². The number of nitrogens with zero attached hydrogens (tertiary/aromatic N) is 9. The summed E-state index contributed by atoms with van der Waals surface area (Å²) in [6.07, 6.45) is 8.95. The number of aldehydes is 3. The molecule has 614 valence electrons. The van der Waals surface area contributed by atoms with Crippen molar-refractivity contribution in [1.82, 2.24) is 52.9 Å². The van der Waals surface area contributed by atoms with Gasteiger partial charge in [0.05, 0.1) is 71.7 Å². The summed E-state index contributed by atoms with van der Waals surface area (Å²) in [5.74, 6) is 0.871. The summed E-state index contributed by atoms with van der Waals surface area (Å²) < 4.78 is 18.7. The Labute approximate surface area is 749 Å². The van der Waals surface area contributed by atoms with Gasteiger partial charge in [0.25, 0.3) is 0 Å². The van der Waals surface area contributed by atoms with E-state index < -0.39 is 0 Å². The van der Waals surface area contributed by atoms with E-state index in [1.165, 1.54) is 120 Å². The molecule has 0 radical (unpaired) electrons. The Morgan fingerprint density at radius 3 is 1.00 bits per heavy atom. The van der Waals surface area contributed by atoms with E-state index in [-0.39, 0.29) is 24.2 Å². The molecule has 15 nitrogen and oxygen atoms in total. The number of fused-ring (bicyclic) bond motifs is 27. The molecule has 26 rings (SSSR count). The molecule has 0 atom stereocenters. The highest BCUT2D eigenvalue weighted by Gasteiger charge is 2.27. The molecule has 0 aliphatic heterocycles. The Kier molecular flexibility index (Phi) is 21.2. The summed E-state index contributed by atoms with van der Waals surface area (Å²) in [5.41, 5.74) is 24.8. The summed E-state index contributed by atoms with van der Waals surface area (Å²) in [7, 11) is 0. The minimum absolute atomic E-state index is 0. The van der Waals surface area contributed by atoms with Crippen LogP contribution in [0.4, 0.5) is 0 Å². The SMILES string of the molecule is Brc1ccccc1Br.N.O.O=CC=O.O=Cc1ccc2c3c(ccc4c5ccccc5n(-c5ccccc5)c43)n(-c3ccccc3)c2c1.c1ccc(-n2c3cc(-c4ncc[nH]4)ccc3c3c2ccc2c4ccccc4n(-c4ccccc4)c23)cc1.c1ccc(-n2c3cc4c(cc3c3c2ccc2c5ccccc5n(-c5ccccc5)c23)c2ccccc2n2ccnc42)cc1. The van der Waals surface area contributed by atoms with Gasteiger partial charge in [-0.25, -0.2) is 9.97 Å². The largest absolute Gasteiger partial charge is 0.412 e. The van der Waals surface area contributed by atoms with E-state index >= 15 is 0 Å². The first-order chi connectivity index (χ1) is 62.3. The smallest absolute Gasteiger partial charge is 0.182 e. The Hall–Kier alpha value is -16.2. The molecular formula is C111H77Br2N11O4. The van der Waals surface area contributed by atoms with Gasteiger partial charge in [0.2, 0.25) is 0 Å². The highest BCUT2D eigenvalue weighted by atomic mass is 79.9. The fourth-order valence-corrected chi connectivity index (χ4v) is 19.5. The molecule has 17 heteroatoms. The van der Waals surface area contributed by atoms with Gasteiger partial charge in [0.1, 0.15) is 17.8 Å². The molecule has 0 spiro atoms. The number of rotatable bonds is 9.